The maximum Gasteiger partial charge on any atom is 0.0488 e. The Morgan fingerprint density at radius 2 is 0.897 bits per heavy atom. The summed E-state index contributed by atoms with van der Waals surface area (Å²) in [5.74, 6) is 0. The average molecular weight is 378 g/mol. The van der Waals surface area contributed by atoms with E-state index in [4.69, 9.17) is 0 Å². The van der Waals surface area contributed by atoms with Crippen LogP contribution in [0, 0.1) is 0 Å². The minimum Gasteiger partial charge on any atom is -0.344 e. The Morgan fingerprint density at radius 3 is 1.38 bits per heavy atom. The summed E-state index contributed by atoms with van der Waals surface area (Å²) >= 11 is 0. The van der Waals surface area contributed by atoms with Gasteiger partial charge in [-0.1, -0.05) is 98.8 Å². The fourth-order valence-corrected chi connectivity index (χ4v) is 4.20. The molecular weight excluding hydrogens is 350 g/mol. The molecule has 1 aliphatic rings. The highest BCUT2D eigenvalue weighted by molar-refractivity contribution is 6.07. The van der Waals surface area contributed by atoms with Gasteiger partial charge in [0.2, 0.25) is 0 Å². The fraction of sp³-hybridized carbons (Fsp3) is 0.143. The van der Waals surface area contributed by atoms with E-state index in [2.05, 4.69) is 109 Å². The van der Waals surface area contributed by atoms with E-state index in [1.807, 2.05) is 13.8 Å². The van der Waals surface area contributed by atoms with Gasteiger partial charge >= 0.3 is 0 Å². The van der Waals surface area contributed by atoms with Crippen molar-refractivity contribution in [2.75, 3.05) is 0 Å². The Bertz CT molecular complexity index is 1160. The second-order valence-corrected chi connectivity index (χ2v) is 7.08. The Balaban J connectivity index is 0.000000131. The van der Waals surface area contributed by atoms with Gasteiger partial charge in [-0.2, -0.15) is 0 Å². The first kappa shape index (κ1) is 19.0. The number of rotatable bonds is 0. The number of hydrogen-bond acceptors (Lipinski definition) is 0. The highest BCUT2D eigenvalue weighted by Gasteiger charge is 2.15. The lowest BCUT2D eigenvalue weighted by atomic mass is 10.1. The van der Waals surface area contributed by atoms with Crippen molar-refractivity contribution in [3.05, 3.63) is 108 Å². The third kappa shape index (κ3) is 3.45. The van der Waals surface area contributed by atoms with E-state index in [0.717, 1.165) is 6.42 Å². The van der Waals surface area contributed by atoms with Crippen LogP contribution < -0.4 is 0 Å². The van der Waals surface area contributed by atoms with Crippen LogP contribution >= 0.6 is 0 Å². The van der Waals surface area contributed by atoms with Crippen LogP contribution in [0.4, 0.5) is 0 Å². The van der Waals surface area contributed by atoms with Crippen LogP contribution in [0.5, 0.6) is 0 Å². The molecule has 1 heterocycles. The molecule has 6 rings (SSSR count). The highest BCUT2D eigenvalue weighted by atomic mass is 14.9. The molecule has 0 atom stereocenters. The van der Waals surface area contributed by atoms with E-state index in [0.29, 0.717) is 0 Å². The average Bonchev–Trinajstić information content (AvgIpc) is 3.32. The lowest BCUT2D eigenvalue weighted by molar-refractivity contribution is 1.01. The van der Waals surface area contributed by atoms with Crippen molar-refractivity contribution in [2.24, 2.45) is 7.05 Å². The number of para-hydroxylation sites is 2. The predicted molar refractivity (Wildman–Crippen MR) is 126 cm³/mol. The standard InChI is InChI=1S/C13H11N.C13H10.C2H6/c1-14-12-8-4-2-6-10(12)11-7-3-5-9-13(11)14;1-3-7-12-10(5-1)9-11-6-2-4-8-13(11)12;1-2/h2-9H,1H3;1-8H,9H2;1-2H3. The van der Waals surface area contributed by atoms with Crippen molar-refractivity contribution in [3.8, 4) is 11.1 Å². The number of hydrogen-bond donors (Lipinski definition) is 0. The lowest BCUT2D eigenvalue weighted by Crippen LogP contribution is -1.84. The summed E-state index contributed by atoms with van der Waals surface area (Å²) in [5, 5.41) is 2.68. The maximum atomic E-state index is 2.24. The highest BCUT2D eigenvalue weighted by Crippen LogP contribution is 2.35. The minimum absolute atomic E-state index is 1.10. The molecule has 0 amide bonds. The molecule has 0 aliphatic heterocycles. The van der Waals surface area contributed by atoms with Crippen LogP contribution in [0.2, 0.25) is 0 Å². The summed E-state index contributed by atoms with van der Waals surface area (Å²) in [6.07, 6.45) is 1.10. The van der Waals surface area contributed by atoms with E-state index >= 15 is 0 Å². The van der Waals surface area contributed by atoms with Gasteiger partial charge in [-0.15, -0.1) is 0 Å². The Hall–Kier alpha value is -3.32. The zero-order chi connectivity index (χ0) is 20.2. The summed E-state index contributed by atoms with van der Waals surface area (Å²) in [6, 6.07) is 34.3. The Morgan fingerprint density at radius 1 is 0.517 bits per heavy atom. The number of nitrogens with zero attached hydrogens (tertiary/aromatic N) is 1. The first-order valence-electron chi connectivity index (χ1n) is 10.4. The van der Waals surface area contributed by atoms with Gasteiger partial charge in [0.25, 0.3) is 0 Å². The van der Waals surface area contributed by atoms with Crippen LogP contribution in [0.15, 0.2) is 97.1 Å². The van der Waals surface area contributed by atoms with E-state index < -0.39 is 0 Å². The molecule has 0 radical (unpaired) electrons. The molecule has 0 fully saturated rings. The van der Waals surface area contributed by atoms with Gasteiger partial charge in [0.1, 0.15) is 0 Å². The molecule has 144 valence electrons. The van der Waals surface area contributed by atoms with E-state index in [1.54, 1.807) is 0 Å². The van der Waals surface area contributed by atoms with Crippen LogP contribution in [0.3, 0.4) is 0 Å². The smallest absolute Gasteiger partial charge is 0.0488 e. The van der Waals surface area contributed by atoms with Crippen molar-refractivity contribution < 1.29 is 0 Å². The largest absolute Gasteiger partial charge is 0.344 e. The van der Waals surface area contributed by atoms with Gasteiger partial charge in [0.15, 0.2) is 0 Å². The molecule has 0 N–H and O–H groups in total. The van der Waals surface area contributed by atoms with E-state index in [-0.39, 0.29) is 0 Å². The summed E-state index contributed by atoms with van der Waals surface area (Å²) in [5.41, 5.74) is 8.35. The minimum atomic E-state index is 1.10. The molecular formula is C28H27N. The third-order valence-electron chi connectivity index (χ3n) is 5.53. The predicted octanol–water partition coefficient (Wildman–Crippen LogP) is 7.62. The molecule has 1 aliphatic carbocycles. The first-order chi connectivity index (χ1) is 14.3. The summed E-state index contributed by atoms with van der Waals surface area (Å²) in [7, 11) is 2.12. The first-order valence-corrected chi connectivity index (χ1v) is 10.4. The summed E-state index contributed by atoms with van der Waals surface area (Å²) in [6.45, 7) is 4.00. The van der Waals surface area contributed by atoms with Gasteiger partial charge in [-0.05, 0) is 40.8 Å². The molecule has 4 aromatic carbocycles. The van der Waals surface area contributed by atoms with E-state index in [1.165, 1.54) is 44.1 Å². The number of benzene rings is 4. The topological polar surface area (TPSA) is 4.93 Å². The van der Waals surface area contributed by atoms with Crippen LogP contribution in [-0.2, 0) is 13.5 Å². The molecule has 0 unspecified atom stereocenters. The number of aryl methyl sites for hydroxylation is 1. The molecule has 1 aromatic heterocycles. The van der Waals surface area contributed by atoms with Gasteiger partial charge in [-0.25, -0.2) is 0 Å². The molecule has 0 saturated heterocycles. The zero-order valence-electron chi connectivity index (χ0n) is 17.4. The Labute approximate surface area is 173 Å². The maximum absolute atomic E-state index is 2.24. The van der Waals surface area contributed by atoms with Crippen molar-refractivity contribution in [1.29, 1.82) is 0 Å². The molecule has 0 saturated carbocycles. The monoisotopic (exact) mass is 377 g/mol. The molecule has 0 bridgehead atoms. The van der Waals surface area contributed by atoms with Gasteiger partial charge in [0, 0.05) is 28.9 Å². The van der Waals surface area contributed by atoms with Crippen molar-refractivity contribution in [2.45, 2.75) is 20.3 Å². The second-order valence-electron chi connectivity index (χ2n) is 7.08. The van der Waals surface area contributed by atoms with Gasteiger partial charge in [-0.3, -0.25) is 0 Å². The molecule has 1 nitrogen and oxygen atoms in total. The normalized spacial score (nSPS) is 11.1. The second kappa shape index (κ2) is 8.36. The van der Waals surface area contributed by atoms with Crippen LogP contribution in [0.25, 0.3) is 32.9 Å². The van der Waals surface area contributed by atoms with Crippen LogP contribution in [-0.4, -0.2) is 4.57 Å². The lowest BCUT2D eigenvalue weighted by Gasteiger charge is -1.98. The molecule has 1 heteroatoms. The quantitative estimate of drug-likeness (QED) is 0.257. The Kier molecular flexibility index (Phi) is 5.48. The number of fused-ring (bicyclic) bond motifs is 6. The van der Waals surface area contributed by atoms with Gasteiger partial charge in [0.05, 0.1) is 0 Å². The third-order valence-corrected chi connectivity index (χ3v) is 5.53. The zero-order valence-corrected chi connectivity index (χ0v) is 17.4. The molecule has 5 aromatic rings. The summed E-state index contributed by atoms with van der Waals surface area (Å²) < 4.78 is 2.24. The van der Waals surface area contributed by atoms with Crippen molar-refractivity contribution >= 4 is 21.8 Å². The van der Waals surface area contributed by atoms with Crippen LogP contribution in [0.1, 0.15) is 25.0 Å². The van der Waals surface area contributed by atoms with Gasteiger partial charge < -0.3 is 4.57 Å². The molecule has 29 heavy (non-hydrogen) atoms. The number of aromatic nitrogens is 1. The SMILES string of the molecule is CC.Cn1c2ccccc2c2ccccc21.c1ccc2c(c1)Cc1ccccc1-2. The fourth-order valence-electron chi connectivity index (χ4n) is 4.20. The van der Waals surface area contributed by atoms with E-state index in [9.17, 15) is 0 Å². The van der Waals surface area contributed by atoms with Crippen molar-refractivity contribution in [1.82, 2.24) is 4.57 Å². The molecule has 0 spiro atoms. The summed E-state index contributed by atoms with van der Waals surface area (Å²) in [4.78, 5) is 0. The van der Waals surface area contributed by atoms with Crippen molar-refractivity contribution in [3.63, 3.8) is 0 Å².